The molecule has 126 valence electrons. The van der Waals surface area contributed by atoms with E-state index in [0.717, 1.165) is 31.0 Å². The number of anilines is 1. The van der Waals surface area contributed by atoms with Crippen LogP contribution in [0.15, 0.2) is 42.6 Å². The number of hydrogen-bond acceptors (Lipinski definition) is 5. The summed E-state index contributed by atoms with van der Waals surface area (Å²) < 4.78 is 10.2. The lowest BCUT2D eigenvalue weighted by Crippen LogP contribution is -2.23. The van der Waals surface area contributed by atoms with Crippen molar-refractivity contribution in [3.05, 3.63) is 53.7 Å². The van der Waals surface area contributed by atoms with Crippen LogP contribution in [0.2, 0.25) is 0 Å². The van der Waals surface area contributed by atoms with Gasteiger partial charge in [-0.15, -0.1) is 0 Å². The maximum absolute atomic E-state index is 11.7. The average Bonchev–Trinajstić information content (AvgIpc) is 3.12. The second kappa shape index (κ2) is 7.34. The number of methoxy groups -OCH3 is 1. The molecule has 0 N–H and O–H groups in total. The number of ether oxygens (including phenoxy) is 2. The van der Waals surface area contributed by atoms with Crippen molar-refractivity contribution in [2.45, 2.75) is 25.8 Å². The van der Waals surface area contributed by atoms with Crippen molar-refractivity contribution in [3.63, 3.8) is 0 Å². The van der Waals surface area contributed by atoms with Crippen molar-refractivity contribution < 1.29 is 14.3 Å². The van der Waals surface area contributed by atoms with Crippen molar-refractivity contribution in [1.29, 1.82) is 0 Å². The Morgan fingerprint density at radius 1 is 1.25 bits per heavy atom. The van der Waals surface area contributed by atoms with Gasteiger partial charge in [-0.05, 0) is 49.6 Å². The van der Waals surface area contributed by atoms with Crippen LogP contribution >= 0.6 is 0 Å². The van der Waals surface area contributed by atoms with Gasteiger partial charge >= 0.3 is 5.97 Å². The quantitative estimate of drug-likeness (QED) is 0.786. The molecule has 0 bridgehead atoms. The van der Waals surface area contributed by atoms with Gasteiger partial charge in [0.25, 0.3) is 0 Å². The minimum absolute atomic E-state index is 0.303. The summed E-state index contributed by atoms with van der Waals surface area (Å²) in [6.45, 7) is 3.12. The van der Waals surface area contributed by atoms with E-state index in [9.17, 15) is 4.79 Å². The lowest BCUT2D eigenvalue weighted by molar-refractivity contribution is 0.0526. The van der Waals surface area contributed by atoms with Crippen molar-refractivity contribution >= 4 is 11.8 Å². The van der Waals surface area contributed by atoms with Gasteiger partial charge in [-0.1, -0.05) is 12.1 Å². The second-order valence-corrected chi connectivity index (χ2v) is 5.75. The fourth-order valence-electron chi connectivity index (χ4n) is 3.10. The fraction of sp³-hybridized carbons (Fsp3) is 0.368. The Balaban J connectivity index is 1.78. The molecule has 0 aliphatic carbocycles. The third-order valence-corrected chi connectivity index (χ3v) is 4.31. The molecule has 1 atom stereocenters. The standard InChI is InChI=1S/C19H22N2O3/c1-3-24-19(22)15-8-11-18(20-13-15)21-12-4-5-17(21)14-6-9-16(23-2)10-7-14/h6-11,13,17H,3-5,12H2,1-2H3. The van der Waals surface area contributed by atoms with Gasteiger partial charge in [-0.25, -0.2) is 9.78 Å². The highest BCUT2D eigenvalue weighted by Crippen LogP contribution is 2.35. The number of carbonyl (C=O) groups excluding carboxylic acids is 1. The van der Waals surface area contributed by atoms with Crippen molar-refractivity contribution in [3.8, 4) is 5.75 Å². The Hall–Kier alpha value is -2.56. The Kier molecular flexibility index (Phi) is 4.99. The van der Waals surface area contributed by atoms with Crippen LogP contribution in [0.25, 0.3) is 0 Å². The average molecular weight is 326 g/mol. The molecule has 0 saturated carbocycles. The van der Waals surface area contributed by atoms with Crippen LogP contribution in [0.5, 0.6) is 5.75 Å². The fourth-order valence-corrected chi connectivity index (χ4v) is 3.10. The summed E-state index contributed by atoms with van der Waals surface area (Å²) in [5.41, 5.74) is 1.74. The Morgan fingerprint density at radius 3 is 2.67 bits per heavy atom. The molecule has 1 aromatic heterocycles. The van der Waals surface area contributed by atoms with Crippen LogP contribution in [0.1, 0.15) is 41.7 Å². The van der Waals surface area contributed by atoms with Gasteiger partial charge in [0.15, 0.2) is 0 Å². The Bertz CT molecular complexity index is 683. The molecule has 1 fully saturated rings. The van der Waals surface area contributed by atoms with E-state index in [2.05, 4.69) is 22.0 Å². The number of carbonyl (C=O) groups is 1. The summed E-state index contributed by atoms with van der Waals surface area (Å²) >= 11 is 0. The van der Waals surface area contributed by atoms with Gasteiger partial charge in [-0.2, -0.15) is 0 Å². The van der Waals surface area contributed by atoms with Crippen molar-refractivity contribution in [2.75, 3.05) is 25.2 Å². The van der Waals surface area contributed by atoms with E-state index >= 15 is 0 Å². The molecule has 3 rings (SSSR count). The van der Waals surface area contributed by atoms with Crippen LogP contribution in [0, 0.1) is 0 Å². The van der Waals surface area contributed by atoms with Gasteiger partial charge in [0, 0.05) is 12.7 Å². The smallest absolute Gasteiger partial charge is 0.339 e. The zero-order chi connectivity index (χ0) is 16.9. The number of benzene rings is 1. The van der Waals surface area contributed by atoms with E-state index in [4.69, 9.17) is 9.47 Å². The molecule has 2 aromatic rings. The number of aromatic nitrogens is 1. The van der Waals surface area contributed by atoms with Crippen LogP contribution in [0.4, 0.5) is 5.82 Å². The number of esters is 1. The monoisotopic (exact) mass is 326 g/mol. The molecule has 1 aromatic carbocycles. The highest BCUT2D eigenvalue weighted by atomic mass is 16.5. The summed E-state index contributed by atoms with van der Waals surface area (Å²) in [5.74, 6) is 1.42. The minimum Gasteiger partial charge on any atom is -0.497 e. The van der Waals surface area contributed by atoms with Gasteiger partial charge in [0.1, 0.15) is 11.6 Å². The van der Waals surface area contributed by atoms with Gasteiger partial charge in [-0.3, -0.25) is 0 Å². The maximum atomic E-state index is 11.7. The van der Waals surface area contributed by atoms with Crippen LogP contribution in [0.3, 0.4) is 0 Å². The first-order valence-corrected chi connectivity index (χ1v) is 8.26. The number of nitrogens with zero attached hydrogens (tertiary/aromatic N) is 2. The largest absolute Gasteiger partial charge is 0.497 e. The van der Waals surface area contributed by atoms with Crippen LogP contribution in [-0.2, 0) is 4.74 Å². The van der Waals surface area contributed by atoms with Crippen molar-refractivity contribution in [1.82, 2.24) is 4.98 Å². The first-order valence-electron chi connectivity index (χ1n) is 8.26. The third-order valence-electron chi connectivity index (χ3n) is 4.31. The second-order valence-electron chi connectivity index (χ2n) is 5.75. The normalized spacial score (nSPS) is 16.9. The summed E-state index contributed by atoms with van der Waals surface area (Å²) in [7, 11) is 1.67. The predicted octanol–water partition coefficient (Wildman–Crippen LogP) is 3.61. The van der Waals surface area contributed by atoms with E-state index < -0.39 is 0 Å². The van der Waals surface area contributed by atoms with E-state index in [-0.39, 0.29) is 5.97 Å². The Labute approximate surface area is 142 Å². The number of rotatable bonds is 5. The molecule has 1 aliphatic heterocycles. The van der Waals surface area contributed by atoms with Crippen LogP contribution < -0.4 is 9.64 Å². The molecule has 5 nitrogen and oxygen atoms in total. The highest BCUT2D eigenvalue weighted by molar-refractivity contribution is 5.89. The number of hydrogen-bond donors (Lipinski definition) is 0. The van der Waals surface area contributed by atoms with Crippen molar-refractivity contribution in [2.24, 2.45) is 0 Å². The van der Waals surface area contributed by atoms with Gasteiger partial charge < -0.3 is 14.4 Å². The molecule has 0 amide bonds. The highest BCUT2D eigenvalue weighted by Gasteiger charge is 2.27. The van der Waals surface area contributed by atoms with E-state index in [1.165, 1.54) is 5.56 Å². The molecule has 0 radical (unpaired) electrons. The molecule has 0 spiro atoms. The lowest BCUT2D eigenvalue weighted by atomic mass is 10.0. The molecular formula is C19H22N2O3. The molecule has 1 unspecified atom stereocenters. The molecular weight excluding hydrogens is 304 g/mol. The molecule has 5 heteroatoms. The Morgan fingerprint density at radius 2 is 2.04 bits per heavy atom. The SMILES string of the molecule is CCOC(=O)c1ccc(N2CCCC2c2ccc(OC)cc2)nc1. The van der Waals surface area contributed by atoms with E-state index in [1.807, 2.05) is 18.2 Å². The topological polar surface area (TPSA) is 51.7 Å². The predicted molar refractivity (Wildman–Crippen MR) is 92.5 cm³/mol. The number of pyridine rings is 1. The summed E-state index contributed by atoms with van der Waals surface area (Å²) in [6, 6.07) is 12.2. The van der Waals surface area contributed by atoms with E-state index in [0.29, 0.717) is 18.2 Å². The first kappa shape index (κ1) is 16.3. The third kappa shape index (κ3) is 3.35. The zero-order valence-corrected chi connectivity index (χ0v) is 14.1. The summed E-state index contributed by atoms with van der Waals surface area (Å²) in [5, 5.41) is 0. The van der Waals surface area contributed by atoms with Crippen LogP contribution in [-0.4, -0.2) is 31.2 Å². The maximum Gasteiger partial charge on any atom is 0.339 e. The summed E-state index contributed by atoms with van der Waals surface area (Å²) in [6.07, 6.45) is 3.81. The first-order chi connectivity index (χ1) is 11.7. The van der Waals surface area contributed by atoms with Gasteiger partial charge in [0.2, 0.25) is 0 Å². The minimum atomic E-state index is -0.329. The molecule has 24 heavy (non-hydrogen) atoms. The lowest BCUT2D eigenvalue weighted by Gasteiger charge is -2.26. The zero-order valence-electron chi connectivity index (χ0n) is 14.1. The molecule has 2 heterocycles. The molecule has 1 aliphatic rings. The van der Waals surface area contributed by atoms with Gasteiger partial charge in [0.05, 0.1) is 25.3 Å². The summed E-state index contributed by atoms with van der Waals surface area (Å²) in [4.78, 5) is 18.5. The van der Waals surface area contributed by atoms with E-state index in [1.54, 1.807) is 26.3 Å². The molecule has 1 saturated heterocycles.